The molecule has 2 aromatic carbocycles. The van der Waals surface area contributed by atoms with Gasteiger partial charge in [0.25, 0.3) is 5.91 Å². The summed E-state index contributed by atoms with van der Waals surface area (Å²) in [6.07, 6.45) is 0. The molecule has 2 aromatic rings. The lowest BCUT2D eigenvalue weighted by Gasteiger charge is -2.13. The van der Waals surface area contributed by atoms with Crippen molar-refractivity contribution in [2.75, 3.05) is 26.1 Å². The Balaban J connectivity index is 2.00. The van der Waals surface area contributed by atoms with Crippen molar-refractivity contribution in [1.82, 2.24) is 0 Å². The van der Waals surface area contributed by atoms with Gasteiger partial charge in [-0.2, -0.15) is 0 Å². The molecule has 0 saturated heterocycles. The second-order valence-corrected chi connectivity index (χ2v) is 5.63. The molecule has 5 heteroatoms. The summed E-state index contributed by atoms with van der Waals surface area (Å²) < 4.78 is 16.0. The zero-order valence-electron chi connectivity index (χ0n) is 14.5. The van der Waals surface area contributed by atoms with Gasteiger partial charge in [0.2, 0.25) is 0 Å². The zero-order chi connectivity index (χ0) is 17.5. The van der Waals surface area contributed by atoms with Crippen LogP contribution >= 0.6 is 0 Å². The summed E-state index contributed by atoms with van der Waals surface area (Å²) in [5, 5.41) is 2.77. The predicted octanol–water partition coefficient (Wildman–Crippen LogP) is 3.84. The summed E-state index contributed by atoms with van der Waals surface area (Å²) >= 11 is 0. The van der Waals surface area contributed by atoms with Crippen molar-refractivity contribution >= 4 is 11.6 Å². The molecule has 0 saturated carbocycles. The number of amides is 1. The van der Waals surface area contributed by atoms with Gasteiger partial charge in [0.1, 0.15) is 17.2 Å². The second kappa shape index (κ2) is 8.24. The van der Waals surface area contributed by atoms with Gasteiger partial charge in [-0.15, -0.1) is 0 Å². The van der Waals surface area contributed by atoms with E-state index in [1.807, 2.05) is 24.3 Å². The number of hydrogen-bond acceptors (Lipinski definition) is 4. The molecule has 0 radical (unpaired) electrons. The third-order valence-electron chi connectivity index (χ3n) is 3.58. The number of hydrogen-bond donors (Lipinski definition) is 1. The van der Waals surface area contributed by atoms with E-state index in [2.05, 4.69) is 19.2 Å². The highest BCUT2D eigenvalue weighted by molar-refractivity contribution is 5.93. The van der Waals surface area contributed by atoms with Gasteiger partial charge in [-0.25, -0.2) is 0 Å². The summed E-state index contributed by atoms with van der Waals surface area (Å²) in [4.78, 5) is 12.1. The maximum absolute atomic E-state index is 12.1. The molecule has 2 rings (SSSR count). The number of rotatable bonds is 7. The smallest absolute Gasteiger partial charge is 0.262 e. The minimum Gasteiger partial charge on any atom is -0.497 e. The second-order valence-electron chi connectivity index (χ2n) is 5.63. The Morgan fingerprint density at radius 2 is 1.83 bits per heavy atom. The summed E-state index contributed by atoms with van der Waals surface area (Å²) in [6.45, 7) is 4.14. The number of anilines is 1. The first-order chi connectivity index (χ1) is 11.5. The van der Waals surface area contributed by atoms with Crippen LogP contribution in [0.4, 0.5) is 5.69 Å². The van der Waals surface area contributed by atoms with Crippen molar-refractivity contribution in [1.29, 1.82) is 0 Å². The number of benzene rings is 2. The molecular weight excluding hydrogens is 306 g/mol. The maximum atomic E-state index is 12.1. The first-order valence-corrected chi connectivity index (χ1v) is 7.78. The van der Waals surface area contributed by atoms with Crippen molar-refractivity contribution in [3.05, 3.63) is 48.0 Å². The summed E-state index contributed by atoms with van der Waals surface area (Å²) in [7, 11) is 3.11. The predicted molar refractivity (Wildman–Crippen MR) is 94.2 cm³/mol. The molecule has 128 valence electrons. The molecule has 0 aliphatic rings. The molecule has 0 aliphatic carbocycles. The van der Waals surface area contributed by atoms with E-state index in [4.69, 9.17) is 14.2 Å². The Kier molecular flexibility index (Phi) is 6.07. The van der Waals surface area contributed by atoms with Crippen LogP contribution in [0, 0.1) is 0 Å². The van der Waals surface area contributed by atoms with E-state index < -0.39 is 0 Å². The number of methoxy groups -OCH3 is 2. The van der Waals surface area contributed by atoms with E-state index >= 15 is 0 Å². The van der Waals surface area contributed by atoms with Gasteiger partial charge in [-0.3, -0.25) is 4.79 Å². The van der Waals surface area contributed by atoms with E-state index in [-0.39, 0.29) is 12.5 Å². The van der Waals surface area contributed by atoms with Crippen molar-refractivity contribution in [2.24, 2.45) is 0 Å². The van der Waals surface area contributed by atoms with E-state index in [1.54, 1.807) is 32.4 Å². The summed E-state index contributed by atoms with van der Waals surface area (Å²) in [5.41, 5.74) is 1.71. The molecule has 5 nitrogen and oxygen atoms in total. The minimum atomic E-state index is -0.267. The van der Waals surface area contributed by atoms with Crippen LogP contribution in [0.5, 0.6) is 17.2 Å². The van der Waals surface area contributed by atoms with Crippen LogP contribution in [0.15, 0.2) is 42.5 Å². The highest BCUT2D eigenvalue weighted by Crippen LogP contribution is 2.28. The molecule has 0 heterocycles. The van der Waals surface area contributed by atoms with Crippen LogP contribution in [0.2, 0.25) is 0 Å². The Morgan fingerprint density at radius 1 is 1.04 bits per heavy atom. The van der Waals surface area contributed by atoms with Crippen LogP contribution in [0.1, 0.15) is 25.3 Å². The van der Waals surface area contributed by atoms with E-state index in [1.165, 1.54) is 5.56 Å². The van der Waals surface area contributed by atoms with Gasteiger partial charge >= 0.3 is 0 Å². The van der Waals surface area contributed by atoms with Gasteiger partial charge in [-0.05, 0) is 35.7 Å². The first-order valence-electron chi connectivity index (χ1n) is 7.78. The van der Waals surface area contributed by atoms with Gasteiger partial charge in [0, 0.05) is 6.07 Å². The monoisotopic (exact) mass is 329 g/mol. The lowest BCUT2D eigenvalue weighted by atomic mass is 10.0. The van der Waals surface area contributed by atoms with Crippen molar-refractivity contribution < 1.29 is 19.0 Å². The third-order valence-corrected chi connectivity index (χ3v) is 3.58. The Hall–Kier alpha value is -2.69. The Labute approximate surface area is 142 Å². The lowest BCUT2D eigenvalue weighted by molar-refractivity contribution is -0.118. The largest absolute Gasteiger partial charge is 0.497 e. The zero-order valence-corrected chi connectivity index (χ0v) is 14.5. The average molecular weight is 329 g/mol. The van der Waals surface area contributed by atoms with Crippen LogP contribution in [0.25, 0.3) is 0 Å². The topological polar surface area (TPSA) is 56.8 Å². The molecule has 1 N–H and O–H groups in total. The third kappa shape index (κ3) is 4.65. The van der Waals surface area contributed by atoms with Crippen LogP contribution in [-0.4, -0.2) is 26.7 Å². The van der Waals surface area contributed by atoms with E-state index in [0.29, 0.717) is 28.9 Å². The molecule has 0 aliphatic heterocycles. The molecule has 0 bridgehead atoms. The normalized spacial score (nSPS) is 10.4. The van der Waals surface area contributed by atoms with E-state index in [9.17, 15) is 4.79 Å². The van der Waals surface area contributed by atoms with Gasteiger partial charge in [-0.1, -0.05) is 26.0 Å². The Bertz CT molecular complexity index is 698. The highest BCUT2D eigenvalue weighted by atomic mass is 16.5. The fraction of sp³-hybridized carbons (Fsp3) is 0.316. The number of carbonyl (C=O) groups is 1. The van der Waals surface area contributed by atoms with Crippen molar-refractivity contribution in [2.45, 2.75) is 19.8 Å². The first kappa shape index (κ1) is 17.7. The molecule has 24 heavy (non-hydrogen) atoms. The van der Waals surface area contributed by atoms with Crippen LogP contribution in [-0.2, 0) is 4.79 Å². The standard InChI is InChI=1S/C19H23NO4/c1-13(2)14-6-5-7-16(10-14)24-12-19(21)20-17-11-15(22-3)8-9-18(17)23-4/h5-11,13H,12H2,1-4H3,(H,20,21). The fourth-order valence-corrected chi connectivity index (χ4v) is 2.21. The van der Waals surface area contributed by atoms with E-state index in [0.717, 1.165) is 0 Å². The molecule has 0 unspecified atom stereocenters. The van der Waals surface area contributed by atoms with Crippen LogP contribution < -0.4 is 19.5 Å². The van der Waals surface area contributed by atoms with Gasteiger partial charge in [0.15, 0.2) is 6.61 Å². The minimum absolute atomic E-state index is 0.0814. The average Bonchev–Trinajstić information content (AvgIpc) is 2.60. The molecule has 0 spiro atoms. The molecule has 0 atom stereocenters. The number of ether oxygens (including phenoxy) is 3. The number of nitrogens with one attached hydrogen (secondary N) is 1. The van der Waals surface area contributed by atoms with Crippen LogP contribution in [0.3, 0.4) is 0 Å². The van der Waals surface area contributed by atoms with Crippen molar-refractivity contribution in [3.63, 3.8) is 0 Å². The molecule has 1 amide bonds. The van der Waals surface area contributed by atoms with Gasteiger partial charge in [0.05, 0.1) is 19.9 Å². The number of carbonyl (C=O) groups excluding carboxylic acids is 1. The summed E-state index contributed by atoms with van der Waals surface area (Å²) in [6, 6.07) is 13.0. The van der Waals surface area contributed by atoms with Gasteiger partial charge < -0.3 is 19.5 Å². The summed E-state index contributed by atoms with van der Waals surface area (Å²) in [5.74, 6) is 2.01. The maximum Gasteiger partial charge on any atom is 0.262 e. The highest BCUT2D eigenvalue weighted by Gasteiger charge is 2.10. The Morgan fingerprint density at radius 3 is 2.50 bits per heavy atom. The van der Waals surface area contributed by atoms with Crippen molar-refractivity contribution in [3.8, 4) is 17.2 Å². The quantitative estimate of drug-likeness (QED) is 0.838. The fourth-order valence-electron chi connectivity index (χ4n) is 2.21. The molecular formula is C19H23NO4. The molecule has 0 aromatic heterocycles. The molecule has 0 fully saturated rings. The lowest BCUT2D eigenvalue weighted by Crippen LogP contribution is -2.20. The SMILES string of the molecule is COc1ccc(OC)c(NC(=O)COc2cccc(C(C)C)c2)c1.